The van der Waals surface area contributed by atoms with Crippen molar-refractivity contribution in [1.82, 2.24) is 0 Å². The molecule has 1 aliphatic rings. The van der Waals surface area contributed by atoms with Crippen molar-refractivity contribution in [3.63, 3.8) is 0 Å². The minimum Gasteiger partial charge on any atom is -0.289 e. The lowest BCUT2D eigenvalue weighted by molar-refractivity contribution is 0.104. The number of hydrogen-bond acceptors (Lipinski definition) is 1. The molecule has 4 heteroatoms. The SMILES string of the molecule is O=C1c2cccc(Cl)c2-c2c1ccc(Cl)c2Cl. The molecule has 17 heavy (non-hydrogen) atoms. The molecule has 1 nitrogen and oxygen atoms in total. The largest absolute Gasteiger partial charge is 0.289 e. The predicted octanol–water partition coefficient (Wildman–Crippen LogP) is 4.86. The van der Waals surface area contributed by atoms with E-state index >= 15 is 0 Å². The van der Waals surface area contributed by atoms with Crippen molar-refractivity contribution in [2.45, 2.75) is 0 Å². The second-order valence-corrected chi connectivity index (χ2v) is 4.97. The zero-order chi connectivity index (χ0) is 12.2. The molecule has 3 rings (SSSR count). The molecule has 0 aliphatic heterocycles. The molecule has 0 N–H and O–H groups in total. The fourth-order valence-electron chi connectivity index (χ4n) is 2.10. The topological polar surface area (TPSA) is 17.1 Å². The highest BCUT2D eigenvalue weighted by Gasteiger charge is 2.31. The highest BCUT2D eigenvalue weighted by atomic mass is 35.5. The summed E-state index contributed by atoms with van der Waals surface area (Å²) >= 11 is 18.3. The van der Waals surface area contributed by atoms with Gasteiger partial charge in [0.1, 0.15) is 0 Å². The summed E-state index contributed by atoms with van der Waals surface area (Å²) in [6.07, 6.45) is 0. The summed E-state index contributed by atoms with van der Waals surface area (Å²) in [5.74, 6) is -0.0592. The van der Waals surface area contributed by atoms with E-state index in [0.717, 1.165) is 0 Å². The Kier molecular flexibility index (Phi) is 2.44. The van der Waals surface area contributed by atoms with Gasteiger partial charge in [0.25, 0.3) is 0 Å². The van der Waals surface area contributed by atoms with Gasteiger partial charge in [0.05, 0.1) is 10.0 Å². The van der Waals surface area contributed by atoms with E-state index < -0.39 is 0 Å². The average Bonchev–Trinajstić information content (AvgIpc) is 2.60. The van der Waals surface area contributed by atoms with Crippen LogP contribution in [0.2, 0.25) is 15.1 Å². The first-order valence-corrected chi connectivity index (χ1v) is 6.06. The normalized spacial score (nSPS) is 12.5. The van der Waals surface area contributed by atoms with Gasteiger partial charge in [-0.25, -0.2) is 0 Å². The second-order valence-electron chi connectivity index (χ2n) is 3.78. The van der Waals surface area contributed by atoms with Crippen LogP contribution in [0, 0.1) is 0 Å². The van der Waals surface area contributed by atoms with Crippen molar-refractivity contribution in [1.29, 1.82) is 0 Å². The van der Waals surface area contributed by atoms with E-state index in [2.05, 4.69) is 0 Å². The molecule has 1 aliphatic carbocycles. The third-order valence-corrected chi connectivity index (χ3v) is 3.97. The first kappa shape index (κ1) is 11.1. The van der Waals surface area contributed by atoms with Gasteiger partial charge in [0.2, 0.25) is 0 Å². The summed E-state index contributed by atoms with van der Waals surface area (Å²) < 4.78 is 0. The molecule has 0 saturated heterocycles. The van der Waals surface area contributed by atoms with E-state index in [0.29, 0.717) is 37.3 Å². The Morgan fingerprint density at radius 1 is 0.765 bits per heavy atom. The van der Waals surface area contributed by atoms with Crippen molar-refractivity contribution < 1.29 is 4.79 Å². The summed E-state index contributed by atoms with van der Waals surface area (Å²) in [5.41, 5.74) is 2.46. The number of carbonyl (C=O) groups excluding carboxylic acids is 1. The molecule has 0 bridgehead atoms. The first-order chi connectivity index (χ1) is 8.11. The van der Waals surface area contributed by atoms with E-state index in [1.165, 1.54) is 0 Å². The van der Waals surface area contributed by atoms with Crippen molar-refractivity contribution in [2.24, 2.45) is 0 Å². The van der Waals surface area contributed by atoms with E-state index in [4.69, 9.17) is 34.8 Å². The zero-order valence-corrected chi connectivity index (χ0v) is 10.7. The highest BCUT2D eigenvalue weighted by Crippen LogP contribution is 2.46. The van der Waals surface area contributed by atoms with Crippen LogP contribution in [-0.4, -0.2) is 5.78 Å². The lowest BCUT2D eigenvalue weighted by atomic mass is 10.1. The van der Waals surface area contributed by atoms with Crippen LogP contribution in [-0.2, 0) is 0 Å². The molecule has 0 aromatic heterocycles. The molecule has 0 radical (unpaired) electrons. The van der Waals surface area contributed by atoms with Crippen LogP contribution < -0.4 is 0 Å². The molecule has 0 amide bonds. The number of fused-ring (bicyclic) bond motifs is 3. The number of hydrogen-bond donors (Lipinski definition) is 0. The Labute approximate surface area is 113 Å². The lowest BCUT2D eigenvalue weighted by Crippen LogP contribution is -1.94. The number of halogens is 3. The van der Waals surface area contributed by atoms with Crippen LogP contribution in [0.4, 0.5) is 0 Å². The van der Waals surface area contributed by atoms with Gasteiger partial charge in [0.15, 0.2) is 5.78 Å². The summed E-state index contributed by atoms with van der Waals surface area (Å²) in [4.78, 5) is 12.1. The monoisotopic (exact) mass is 282 g/mol. The average molecular weight is 284 g/mol. The lowest BCUT2D eigenvalue weighted by Gasteiger charge is -2.05. The quantitative estimate of drug-likeness (QED) is 0.576. The van der Waals surface area contributed by atoms with Gasteiger partial charge < -0.3 is 0 Å². The zero-order valence-electron chi connectivity index (χ0n) is 8.43. The molecule has 0 atom stereocenters. The molecule has 2 aromatic rings. The van der Waals surface area contributed by atoms with Gasteiger partial charge in [-0.05, 0) is 18.2 Å². The standard InChI is InChI=1S/C13H5Cl3O/c14-8-3-1-2-6-10(8)11-7(13(6)17)4-5-9(15)12(11)16/h1-5H. The van der Waals surface area contributed by atoms with Gasteiger partial charge in [-0.1, -0.05) is 46.9 Å². The smallest absolute Gasteiger partial charge is 0.194 e. The van der Waals surface area contributed by atoms with Crippen LogP contribution >= 0.6 is 34.8 Å². The Morgan fingerprint density at radius 3 is 2.24 bits per heavy atom. The molecule has 0 heterocycles. The van der Waals surface area contributed by atoms with E-state index in [1.54, 1.807) is 30.3 Å². The summed E-state index contributed by atoms with van der Waals surface area (Å²) in [5, 5.41) is 1.31. The maximum atomic E-state index is 12.1. The van der Waals surface area contributed by atoms with E-state index in [-0.39, 0.29) is 5.78 Å². The molecule has 84 valence electrons. The summed E-state index contributed by atoms with van der Waals surface area (Å²) in [6, 6.07) is 8.54. The molecular formula is C13H5Cl3O. The molecular weight excluding hydrogens is 279 g/mol. The van der Waals surface area contributed by atoms with Crippen LogP contribution in [0.1, 0.15) is 15.9 Å². The summed E-state index contributed by atoms with van der Waals surface area (Å²) in [6.45, 7) is 0. The van der Waals surface area contributed by atoms with E-state index in [9.17, 15) is 4.79 Å². The third kappa shape index (κ3) is 1.43. The Bertz CT molecular complexity index is 662. The third-order valence-electron chi connectivity index (χ3n) is 2.85. The minimum absolute atomic E-state index is 0.0592. The van der Waals surface area contributed by atoms with Gasteiger partial charge >= 0.3 is 0 Å². The Balaban J connectivity index is 2.48. The maximum absolute atomic E-state index is 12.1. The van der Waals surface area contributed by atoms with Crippen LogP contribution in [0.25, 0.3) is 11.1 Å². The molecule has 0 saturated carbocycles. The van der Waals surface area contributed by atoms with E-state index in [1.807, 2.05) is 0 Å². The number of ketones is 1. The maximum Gasteiger partial charge on any atom is 0.194 e. The van der Waals surface area contributed by atoms with Crippen molar-refractivity contribution in [2.75, 3.05) is 0 Å². The fraction of sp³-hybridized carbons (Fsp3) is 0. The van der Waals surface area contributed by atoms with Gasteiger partial charge in [-0.15, -0.1) is 0 Å². The van der Waals surface area contributed by atoms with Crippen LogP contribution in [0.3, 0.4) is 0 Å². The van der Waals surface area contributed by atoms with Gasteiger partial charge in [-0.3, -0.25) is 4.79 Å². The molecule has 0 unspecified atom stereocenters. The molecule has 0 fully saturated rings. The predicted molar refractivity (Wildman–Crippen MR) is 70.3 cm³/mol. The van der Waals surface area contributed by atoms with Crippen molar-refractivity contribution in [3.05, 3.63) is 56.5 Å². The molecule has 0 spiro atoms. The van der Waals surface area contributed by atoms with Crippen molar-refractivity contribution in [3.8, 4) is 11.1 Å². The first-order valence-electron chi connectivity index (χ1n) is 4.93. The Morgan fingerprint density at radius 2 is 1.47 bits per heavy atom. The highest BCUT2D eigenvalue weighted by molar-refractivity contribution is 6.46. The van der Waals surface area contributed by atoms with Crippen LogP contribution in [0.5, 0.6) is 0 Å². The molecule has 2 aromatic carbocycles. The minimum atomic E-state index is -0.0592. The van der Waals surface area contributed by atoms with Crippen molar-refractivity contribution >= 4 is 40.6 Å². The van der Waals surface area contributed by atoms with Gasteiger partial charge in [0, 0.05) is 27.3 Å². The second kappa shape index (κ2) is 3.74. The fourth-order valence-corrected chi connectivity index (χ4v) is 2.78. The number of benzene rings is 2. The number of rotatable bonds is 0. The summed E-state index contributed by atoms with van der Waals surface area (Å²) in [7, 11) is 0. The number of carbonyl (C=O) groups is 1. The van der Waals surface area contributed by atoms with Crippen LogP contribution in [0.15, 0.2) is 30.3 Å². The Hall–Kier alpha value is -1.02. The van der Waals surface area contributed by atoms with Gasteiger partial charge in [-0.2, -0.15) is 0 Å².